The van der Waals surface area contributed by atoms with Crippen molar-refractivity contribution < 1.29 is 19.7 Å². The summed E-state index contributed by atoms with van der Waals surface area (Å²) in [6.07, 6.45) is 2.61. The van der Waals surface area contributed by atoms with Gasteiger partial charge in [-0.2, -0.15) is 4.73 Å². The Bertz CT molecular complexity index is 1240. The number of aromatic nitrogens is 5. The Morgan fingerprint density at radius 1 is 1.30 bits per heavy atom. The standard InChI is InChI=1S/C19H19N7O4/c20-16-10-3-1-2-4-12(10)26(29)6-11(16)24-18-17-19(22-8-21-18)25(9-23-17)15-5-13(28)14(7-27)30-15/h1-4,6,8-9,13-15,27-28H,5,7,20H2,(H,21,22,24)/t13-,14+,15+/m0/s1. The lowest BCUT2D eigenvalue weighted by Crippen LogP contribution is -2.27. The van der Waals surface area contributed by atoms with Gasteiger partial charge in [0.1, 0.15) is 24.3 Å². The molecule has 3 aromatic heterocycles. The van der Waals surface area contributed by atoms with E-state index in [2.05, 4.69) is 20.3 Å². The third kappa shape index (κ3) is 2.87. The van der Waals surface area contributed by atoms with Gasteiger partial charge in [-0.1, -0.05) is 12.1 Å². The van der Waals surface area contributed by atoms with E-state index in [1.54, 1.807) is 29.1 Å². The highest BCUT2D eigenvalue weighted by atomic mass is 16.5. The second-order valence-electron chi connectivity index (χ2n) is 7.09. The molecule has 1 fully saturated rings. The number of para-hydroxylation sites is 1. The number of benzene rings is 1. The Morgan fingerprint density at radius 3 is 2.93 bits per heavy atom. The van der Waals surface area contributed by atoms with E-state index in [0.29, 0.717) is 45.7 Å². The molecule has 5 N–H and O–H groups in total. The molecule has 0 unspecified atom stereocenters. The van der Waals surface area contributed by atoms with Gasteiger partial charge in [-0.3, -0.25) is 4.57 Å². The van der Waals surface area contributed by atoms with Crippen molar-refractivity contribution in [3.63, 3.8) is 0 Å². The van der Waals surface area contributed by atoms with Crippen molar-refractivity contribution in [1.29, 1.82) is 0 Å². The molecule has 0 bridgehead atoms. The maximum Gasteiger partial charge on any atom is 0.225 e. The van der Waals surface area contributed by atoms with Crippen LogP contribution in [-0.2, 0) is 4.74 Å². The van der Waals surface area contributed by atoms with E-state index < -0.39 is 18.4 Å². The fraction of sp³-hybridized carbons (Fsp3) is 0.263. The minimum atomic E-state index is -0.776. The third-order valence-electron chi connectivity index (χ3n) is 5.27. The molecule has 1 aliphatic heterocycles. The highest BCUT2D eigenvalue weighted by Gasteiger charge is 2.35. The number of nitrogens with zero attached hydrogens (tertiary/aromatic N) is 5. The van der Waals surface area contributed by atoms with Gasteiger partial charge in [0.25, 0.3) is 0 Å². The largest absolute Gasteiger partial charge is 0.618 e. The van der Waals surface area contributed by atoms with Gasteiger partial charge >= 0.3 is 0 Å². The number of nitrogens with one attached hydrogen (secondary N) is 1. The Kier molecular flexibility index (Phi) is 4.35. The second kappa shape index (κ2) is 7.06. The lowest BCUT2D eigenvalue weighted by molar-refractivity contribution is -0.576. The molecule has 0 spiro atoms. The number of rotatable bonds is 4. The monoisotopic (exact) mass is 409 g/mol. The number of anilines is 3. The van der Waals surface area contributed by atoms with Crippen LogP contribution in [0.5, 0.6) is 0 Å². The lowest BCUT2D eigenvalue weighted by Gasteiger charge is -2.14. The molecule has 0 radical (unpaired) electrons. The Balaban J connectivity index is 1.53. The van der Waals surface area contributed by atoms with Crippen LogP contribution >= 0.6 is 0 Å². The third-order valence-corrected chi connectivity index (χ3v) is 5.27. The van der Waals surface area contributed by atoms with Crippen molar-refractivity contribution in [2.45, 2.75) is 24.9 Å². The van der Waals surface area contributed by atoms with Gasteiger partial charge in [0, 0.05) is 12.5 Å². The lowest BCUT2D eigenvalue weighted by atomic mass is 10.1. The van der Waals surface area contributed by atoms with Gasteiger partial charge < -0.3 is 31.2 Å². The van der Waals surface area contributed by atoms with Crippen LogP contribution in [0.25, 0.3) is 22.1 Å². The molecule has 11 nitrogen and oxygen atoms in total. The number of ether oxygens (including phenoxy) is 1. The first-order chi connectivity index (χ1) is 14.6. The Hall–Kier alpha value is -3.54. The zero-order valence-corrected chi connectivity index (χ0v) is 15.7. The molecule has 0 aliphatic carbocycles. The molecule has 154 valence electrons. The molecule has 5 rings (SSSR count). The molecular weight excluding hydrogens is 390 g/mol. The maximum atomic E-state index is 12.4. The van der Waals surface area contributed by atoms with Crippen LogP contribution in [0, 0.1) is 5.21 Å². The van der Waals surface area contributed by atoms with Crippen molar-refractivity contribution >= 4 is 39.3 Å². The summed E-state index contributed by atoms with van der Waals surface area (Å²) in [5, 5.41) is 35.4. The van der Waals surface area contributed by atoms with E-state index in [-0.39, 0.29) is 6.61 Å². The van der Waals surface area contributed by atoms with E-state index in [0.717, 1.165) is 4.73 Å². The van der Waals surface area contributed by atoms with Crippen molar-refractivity contribution in [2.75, 3.05) is 17.7 Å². The first kappa shape index (κ1) is 18.5. The van der Waals surface area contributed by atoms with Gasteiger partial charge in [-0.15, -0.1) is 0 Å². The van der Waals surface area contributed by atoms with E-state index in [4.69, 9.17) is 10.5 Å². The van der Waals surface area contributed by atoms with Gasteiger partial charge in [0.05, 0.1) is 30.1 Å². The molecule has 1 aromatic carbocycles. The Morgan fingerprint density at radius 2 is 2.13 bits per heavy atom. The van der Waals surface area contributed by atoms with Crippen molar-refractivity contribution in [3.8, 4) is 0 Å². The Labute approximate surface area is 170 Å². The van der Waals surface area contributed by atoms with Crippen molar-refractivity contribution in [1.82, 2.24) is 19.5 Å². The minimum Gasteiger partial charge on any atom is -0.618 e. The molecule has 11 heteroatoms. The number of imidazole rings is 1. The summed E-state index contributed by atoms with van der Waals surface area (Å²) < 4.78 is 8.12. The zero-order chi connectivity index (χ0) is 20.8. The fourth-order valence-electron chi connectivity index (χ4n) is 3.73. The first-order valence-electron chi connectivity index (χ1n) is 9.36. The van der Waals surface area contributed by atoms with Crippen LogP contribution in [-0.4, -0.2) is 48.5 Å². The second-order valence-corrected chi connectivity index (χ2v) is 7.09. The number of pyridine rings is 1. The molecule has 0 amide bonds. The average molecular weight is 409 g/mol. The summed E-state index contributed by atoms with van der Waals surface area (Å²) in [5.41, 5.74) is 8.49. The van der Waals surface area contributed by atoms with Crippen LogP contribution in [0.15, 0.2) is 43.1 Å². The quantitative estimate of drug-likeness (QED) is 0.279. The van der Waals surface area contributed by atoms with E-state index in [9.17, 15) is 15.4 Å². The van der Waals surface area contributed by atoms with Gasteiger partial charge in [0.15, 0.2) is 17.0 Å². The summed E-state index contributed by atoms with van der Waals surface area (Å²) in [5.74, 6) is 0.373. The maximum absolute atomic E-state index is 12.4. The molecular formula is C19H19N7O4. The molecule has 4 heterocycles. The normalized spacial score (nSPS) is 21.5. The van der Waals surface area contributed by atoms with E-state index >= 15 is 0 Å². The van der Waals surface area contributed by atoms with Crippen LogP contribution in [0.4, 0.5) is 17.2 Å². The van der Waals surface area contributed by atoms with Gasteiger partial charge in [0.2, 0.25) is 11.7 Å². The highest BCUT2D eigenvalue weighted by Crippen LogP contribution is 2.33. The summed E-state index contributed by atoms with van der Waals surface area (Å²) in [6, 6.07) is 7.05. The summed E-state index contributed by atoms with van der Waals surface area (Å²) in [7, 11) is 0. The minimum absolute atomic E-state index is 0.275. The van der Waals surface area contributed by atoms with Crippen LogP contribution in [0.2, 0.25) is 0 Å². The number of fused-ring (bicyclic) bond motifs is 2. The summed E-state index contributed by atoms with van der Waals surface area (Å²) >= 11 is 0. The predicted molar refractivity (Wildman–Crippen MR) is 108 cm³/mol. The topological polar surface area (TPSA) is 158 Å². The molecule has 1 aliphatic rings. The molecule has 3 atom stereocenters. The number of aliphatic hydroxyl groups excluding tert-OH is 2. The highest BCUT2D eigenvalue weighted by molar-refractivity contribution is 5.96. The first-order valence-corrected chi connectivity index (χ1v) is 9.36. The van der Waals surface area contributed by atoms with Crippen molar-refractivity contribution in [2.24, 2.45) is 0 Å². The zero-order valence-electron chi connectivity index (χ0n) is 15.7. The van der Waals surface area contributed by atoms with Crippen LogP contribution < -0.4 is 15.8 Å². The average Bonchev–Trinajstić information content (AvgIpc) is 3.35. The summed E-state index contributed by atoms with van der Waals surface area (Å²) in [4.78, 5) is 12.9. The summed E-state index contributed by atoms with van der Waals surface area (Å²) in [6.45, 7) is -0.275. The van der Waals surface area contributed by atoms with E-state index in [1.807, 2.05) is 6.07 Å². The van der Waals surface area contributed by atoms with Crippen molar-refractivity contribution in [3.05, 3.63) is 48.3 Å². The number of aliphatic hydroxyl groups is 2. The molecule has 0 saturated carbocycles. The van der Waals surface area contributed by atoms with Crippen LogP contribution in [0.1, 0.15) is 12.6 Å². The molecule has 30 heavy (non-hydrogen) atoms. The fourth-order valence-corrected chi connectivity index (χ4v) is 3.73. The van der Waals surface area contributed by atoms with Crippen LogP contribution in [0.3, 0.4) is 0 Å². The number of hydrogen-bond donors (Lipinski definition) is 4. The van der Waals surface area contributed by atoms with Gasteiger partial charge in [-0.25, -0.2) is 15.0 Å². The van der Waals surface area contributed by atoms with E-state index in [1.165, 1.54) is 12.5 Å². The predicted octanol–water partition coefficient (Wildman–Crippen LogP) is 0.579. The molecule has 4 aromatic rings. The van der Waals surface area contributed by atoms with Gasteiger partial charge in [-0.05, 0) is 6.07 Å². The number of nitrogens with two attached hydrogens (primary N) is 1. The number of nitrogen functional groups attached to an aromatic ring is 1. The smallest absolute Gasteiger partial charge is 0.225 e. The number of hydrogen-bond acceptors (Lipinski definition) is 9. The molecule has 1 saturated heterocycles. The SMILES string of the molecule is Nc1c(Nc2ncnc3c2ncn3[C@H]2C[C@H](O)[C@@H](CO)O2)c[n+]([O-])c2ccccc12.